The second-order valence-corrected chi connectivity index (χ2v) is 2.52. The molecule has 0 aliphatic rings. The van der Waals surface area contributed by atoms with Crippen LogP contribution in [0.4, 0.5) is 4.39 Å². The number of halogens is 1. The van der Waals surface area contributed by atoms with E-state index in [-0.39, 0.29) is 5.82 Å². The minimum atomic E-state index is -0.810. The topological polar surface area (TPSA) is 29.5 Å². The van der Waals surface area contributed by atoms with Crippen molar-refractivity contribution in [2.24, 2.45) is 0 Å². The number of aliphatic hydroxyl groups excluding tert-OH is 1. The van der Waals surface area contributed by atoms with Crippen molar-refractivity contribution in [2.45, 2.75) is 12.7 Å². The maximum absolute atomic E-state index is 12.4. The molecule has 0 aromatic heterocycles. The van der Waals surface area contributed by atoms with Crippen LogP contribution in [0.25, 0.3) is 0 Å². The fraction of sp³-hybridized carbons (Fsp3) is 0.333. The Labute approximate surface area is 70.6 Å². The van der Waals surface area contributed by atoms with Crippen LogP contribution in [0, 0.1) is 5.82 Å². The van der Waals surface area contributed by atoms with Crippen molar-refractivity contribution in [1.82, 2.24) is 0 Å². The maximum atomic E-state index is 12.4. The van der Waals surface area contributed by atoms with Crippen molar-refractivity contribution < 1.29 is 14.2 Å². The van der Waals surface area contributed by atoms with Gasteiger partial charge in [0, 0.05) is 13.5 Å². The van der Waals surface area contributed by atoms with Crippen molar-refractivity contribution in [3.63, 3.8) is 0 Å². The van der Waals surface area contributed by atoms with Crippen LogP contribution >= 0.6 is 0 Å². The molecule has 0 aliphatic heterocycles. The van der Waals surface area contributed by atoms with Gasteiger partial charge >= 0.3 is 0 Å². The average molecular weight is 170 g/mol. The lowest BCUT2D eigenvalue weighted by molar-refractivity contribution is -0.0720. The van der Waals surface area contributed by atoms with Gasteiger partial charge < -0.3 is 9.84 Å². The molecule has 0 heterocycles. The monoisotopic (exact) mass is 170 g/mol. The third-order valence-corrected chi connectivity index (χ3v) is 1.60. The first-order valence-electron chi connectivity index (χ1n) is 3.67. The van der Waals surface area contributed by atoms with Crippen LogP contribution in [-0.2, 0) is 11.2 Å². The van der Waals surface area contributed by atoms with E-state index in [9.17, 15) is 4.39 Å². The minimum Gasteiger partial charge on any atom is -0.368 e. The Morgan fingerprint density at radius 2 is 2.00 bits per heavy atom. The number of ether oxygens (including phenoxy) is 1. The first-order chi connectivity index (χ1) is 5.72. The van der Waals surface area contributed by atoms with Crippen LogP contribution < -0.4 is 0 Å². The third kappa shape index (κ3) is 2.60. The average Bonchev–Trinajstić information content (AvgIpc) is 2.09. The van der Waals surface area contributed by atoms with Gasteiger partial charge in [0.15, 0.2) is 6.29 Å². The highest BCUT2D eigenvalue weighted by atomic mass is 19.1. The quantitative estimate of drug-likeness (QED) is 0.693. The van der Waals surface area contributed by atoms with Crippen LogP contribution in [-0.4, -0.2) is 18.5 Å². The highest BCUT2D eigenvalue weighted by molar-refractivity contribution is 5.16. The zero-order valence-corrected chi connectivity index (χ0v) is 6.83. The molecule has 0 spiro atoms. The molecule has 0 fully saturated rings. The zero-order chi connectivity index (χ0) is 8.97. The molecule has 1 N–H and O–H groups in total. The SMILES string of the molecule is COC(O)Cc1ccc(F)cc1. The van der Waals surface area contributed by atoms with Gasteiger partial charge in [0.25, 0.3) is 0 Å². The van der Waals surface area contributed by atoms with Crippen molar-refractivity contribution >= 4 is 0 Å². The molecule has 0 bridgehead atoms. The van der Waals surface area contributed by atoms with Gasteiger partial charge in [0.1, 0.15) is 5.82 Å². The molecule has 12 heavy (non-hydrogen) atoms. The molecule has 1 rings (SSSR count). The van der Waals surface area contributed by atoms with Gasteiger partial charge in [0.2, 0.25) is 0 Å². The van der Waals surface area contributed by atoms with Gasteiger partial charge in [0.05, 0.1) is 0 Å². The Balaban J connectivity index is 2.58. The van der Waals surface area contributed by atoms with Crippen LogP contribution in [0.1, 0.15) is 5.56 Å². The predicted molar refractivity (Wildman–Crippen MR) is 43.1 cm³/mol. The van der Waals surface area contributed by atoms with Gasteiger partial charge in [-0.3, -0.25) is 0 Å². The summed E-state index contributed by atoms with van der Waals surface area (Å²) in [7, 11) is 1.42. The molecule has 1 aromatic rings. The van der Waals surface area contributed by atoms with Gasteiger partial charge in [-0.05, 0) is 17.7 Å². The Bertz CT molecular complexity index is 233. The van der Waals surface area contributed by atoms with Crippen LogP contribution in [0.2, 0.25) is 0 Å². The molecule has 3 heteroatoms. The van der Waals surface area contributed by atoms with E-state index in [0.29, 0.717) is 6.42 Å². The molecule has 1 atom stereocenters. The summed E-state index contributed by atoms with van der Waals surface area (Å²) in [5.41, 5.74) is 0.853. The van der Waals surface area contributed by atoms with E-state index < -0.39 is 6.29 Å². The Hall–Kier alpha value is -0.930. The summed E-state index contributed by atoms with van der Waals surface area (Å²) in [4.78, 5) is 0. The van der Waals surface area contributed by atoms with Crippen LogP contribution in [0.5, 0.6) is 0 Å². The van der Waals surface area contributed by atoms with E-state index in [1.54, 1.807) is 12.1 Å². The van der Waals surface area contributed by atoms with E-state index in [2.05, 4.69) is 4.74 Å². The van der Waals surface area contributed by atoms with Crippen molar-refractivity contribution in [1.29, 1.82) is 0 Å². The van der Waals surface area contributed by atoms with Crippen molar-refractivity contribution in [3.8, 4) is 0 Å². The Morgan fingerprint density at radius 3 is 2.50 bits per heavy atom. The van der Waals surface area contributed by atoms with E-state index in [1.165, 1.54) is 19.2 Å². The maximum Gasteiger partial charge on any atom is 0.158 e. The number of rotatable bonds is 3. The lowest BCUT2D eigenvalue weighted by atomic mass is 10.1. The third-order valence-electron chi connectivity index (χ3n) is 1.60. The van der Waals surface area contributed by atoms with Crippen molar-refractivity contribution in [2.75, 3.05) is 7.11 Å². The largest absolute Gasteiger partial charge is 0.368 e. The summed E-state index contributed by atoms with van der Waals surface area (Å²) in [5, 5.41) is 9.06. The molecule has 0 saturated carbocycles. The lowest BCUT2D eigenvalue weighted by Crippen LogP contribution is -2.12. The summed E-state index contributed by atoms with van der Waals surface area (Å²) in [6, 6.07) is 5.96. The van der Waals surface area contributed by atoms with Crippen LogP contribution in [0.3, 0.4) is 0 Å². The number of methoxy groups -OCH3 is 1. The number of hydrogen-bond acceptors (Lipinski definition) is 2. The number of benzene rings is 1. The normalized spacial score (nSPS) is 12.9. The predicted octanol–water partition coefficient (Wildman–Crippen LogP) is 1.33. The highest BCUT2D eigenvalue weighted by Gasteiger charge is 2.02. The lowest BCUT2D eigenvalue weighted by Gasteiger charge is -2.07. The fourth-order valence-electron chi connectivity index (χ4n) is 0.905. The molecular weight excluding hydrogens is 159 g/mol. The first kappa shape index (κ1) is 9.16. The second-order valence-electron chi connectivity index (χ2n) is 2.52. The van der Waals surface area contributed by atoms with E-state index in [4.69, 9.17) is 5.11 Å². The number of aliphatic hydroxyl groups is 1. The Morgan fingerprint density at radius 1 is 1.42 bits per heavy atom. The summed E-state index contributed by atoms with van der Waals surface area (Å²) < 4.78 is 17.1. The summed E-state index contributed by atoms with van der Waals surface area (Å²) >= 11 is 0. The molecule has 1 aromatic carbocycles. The van der Waals surface area contributed by atoms with Gasteiger partial charge in [-0.25, -0.2) is 4.39 Å². The van der Waals surface area contributed by atoms with E-state index in [1.807, 2.05) is 0 Å². The van der Waals surface area contributed by atoms with Crippen LogP contribution in [0.15, 0.2) is 24.3 Å². The molecule has 0 radical (unpaired) electrons. The summed E-state index contributed by atoms with van der Waals surface area (Å²) in [6.45, 7) is 0. The molecular formula is C9H11FO2. The van der Waals surface area contributed by atoms with Gasteiger partial charge in [-0.15, -0.1) is 0 Å². The van der Waals surface area contributed by atoms with Gasteiger partial charge in [-0.1, -0.05) is 12.1 Å². The zero-order valence-electron chi connectivity index (χ0n) is 6.83. The molecule has 66 valence electrons. The standard InChI is InChI=1S/C9H11FO2/c1-12-9(11)6-7-2-4-8(10)5-3-7/h2-5,9,11H,6H2,1H3. The van der Waals surface area contributed by atoms with Crippen molar-refractivity contribution in [3.05, 3.63) is 35.6 Å². The summed E-state index contributed by atoms with van der Waals surface area (Å²) in [6.07, 6.45) is -0.424. The molecule has 0 amide bonds. The Kier molecular flexibility index (Phi) is 3.19. The van der Waals surface area contributed by atoms with Gasteiger partial charge in [-0.2, -0.15) is 0 Å². The second kappa shape index (κ2) is 4.18. The minimum absolute atomic E-state index is 0.273. The number of hydrogen-bond donors (Lipinski definition) is 1. The highest BCUT2D eigenvalue weighted by Crippen LogP contribution is 2.05. The summed E-state index contributed by atoms with van der Waals surface area (Å²) in [5.74, 6) is -0.273. The molecule has 0 saturated heterocycles. The molecule has 1 unspecified atom stereocenters. The smallest absolute Gasteiger partial charge is 0.158 e. The van der Waals surface area contributed by atoms with E-state index in [0.717, 1.165) is 5.56 Å². The molecule has 2 nitrogen and oxygen atoms in total. The fourth-order valence-corrected chi connectivity index (χ4v) is 0.905. The molecule has 0 aliphatic carbocycles. The first-order valence-corrected chi connectivity index (χ1v) is 3.67. The van der Waals surface area contributed by atoms with E-state index >= 15 is 0 Å².